The third-order valence-electron chi connectivity index (χ3n) is 5.43. The summed E-state index contributed by atoms with van der Waals surface area (Å²) >= 11 is 0. The predicted octanol–water partition coefficient (Wildman–Crippen LogP) is 3.70. The third-order valence-corrected chi connectivity index (χ3v) is 7.54. The Morgan fingerprint density at radius 2 is 2.00 bits per heavy atom. The highest BCUT2D eigenvalue weighted by molar-refractivity contribution is 7.89. The van der Waals surface area contributed by atoms with Crippen LogP contribution in [0.4, 0.5) is 11.5 Å². The highest BCUT2D eigenvalue weighted by Gasteiger charge is 2.35. The first kappa shape index (κ1) is 20.5. The molecule has 0 aromatic carbocycles. The van der Waals surface area contributed by atoms with Gasteiger partial charge in [0, 0.05) is 30.9 Å². The Morgan fingerprint density at radius 1 is 1.17 bits per heavy atom. The topological polar surface area (TPSA) is 101 Å². The summed E-state index contributed by atoms with van der Waals surface area (Å²) < 4.78 is 32.9. The average Bonchev–Trinajstić information content (AvgIpc) is 3.09. The van der Waals surface area contributed by atoms with Gasteiger partial charge in [0.1, 0.15) is 16.4 Å². The van der Waals surface area contributed by atoms with E-state index in [2.05, 4.69) is 20.4 Å². The molecule has 0 amide bonds. The van der Waals surface area contributed by atoms with Crippen LogP contribution in [0.1, 0.15) is 41.5 Å². The number of piperidine rings is 1. The summed E-state index contributed by atoms with van der Waals surface area (Å²) in [6.07, 6.45) is 5.19. The Kier molecular flexibility index (Phi) is 5.57. The fourth-order valence-corrected chi connectivity index (χ4v) is 5.66. The van der Waals surface area contributed by atoms with Gasteiger partial charge in [0.25, 0.3) is 0 Å². The first-order chi connectivity index (χ1) is 14.4. The molecule has 0 aliphatic carbocycles. The maximum atomic E-state index is 13.1. The number of aromatic nitrogens is 3. The summed E-state index contributed by atoms with van der Waals surface area (Å²) in [5.74, 6) is 1.16. The molecule has 0 radical (unpaired) electrons. The average molecular weight is 428 g/mol. The third kappa shape index (κ3) is 3.95. The van der Waals surface area contributed by atoms with E-state index in [-0.39, 0.29) is 10.8 Å². The standard InChI is InChI=1S/C21H25N5O3S/c1-14-6-4-10-22-21(14)24-18-8-9-19(23-12-18)17-7-5-11-26(13-17)30(27,28)20-15(2)25-29-16(20)3/h4,6,8-10,12,17H,5,7,11,13H2,1-3H3,(H,22,24). The highest BCUT2D eigenvalue weighted by Crippen LogP contribution is 2.32. The summed E-state index contributed by atoms with van der Waals surface area (Å²) in [5, 5.41) is 7.07. The summed E-state index contributed by atoms with van der Waals surface area (Å²) in [6.45, 7) is 6.16. The lowest BCUT2D eigenvalue weighted by molar-refractivity contribution is 0.312. The number of pyridine rings is 2. The second-order valence-electron chi connectivity index (χ2n) is 7.62. The van der Waals surface area contributed by atoms with Crippen LogP contribution in [-0.2, 0) is 10.0 Å². The predicted molar refractivity (Wildman–Crippen MR) is 113 cm³/mol. The quantitative estimate of drug-likeness (QED) is 0.662. The molecule has 9 heteroatoms. The number of rotatable bonds is 5. The molecule has 1 unspecified atom stereocenters. The van der Waals surface area contributed by atoms with Gasteiger partial charge in [-0.05, 0) is 57.4 Å². The number of aryl methyl sites for hydroxylation is 3. The molecule has 1 atom stereocenters. The van der Waals surface area contributed by atoms with E-state index in [1.165, 1.54) is 4.31 Å². The molecule has 1 fully saturated rings. The zero-order valence-electron chi connectivity index (χ0n) is 17.3. The van der Waals surface area contributed by atoms with Crippen LogP contribution in [0.15, 0.2) is 46.1 Å². The van der Waals surface area contributed by atoms with Gasteiger partial charge in [-0.2, -0.15) is 4.31 Å². The molecule has 3 aromatic heterocycles. The van der Waals surface area contributed by atoms with E-state index in [0.717, 1.165) is 35.6 Å². The molecular weight excluding hydrogens is 402 g/mol. The van der Waals surface area contributed by atoms with Gasteiger partial charge in [-0.15, -0.1) is 0 Å². The number of nitrogens with zero attached hydrogens (tertiary/aromatic N) is 4. The van der Waals surface area contributed by atoms with Crippen LogP contribution in [-0.4, -0.2) is 40.9 Å². The van der Waals surface area contributed by atoms with Crippen molar-refractivity contribution < 1.29 is 12.9 Å². The van der Waals surface area contributed by atoms with Gasteiger partial charge in [0.2, 0.25) is 10.0 Å². The molecule has 1 saturated heterocycles. The van der Waals surface area contributed by atoms with Crippen LogP contribution in [0.2, 0.25) is 0 Å². The maximum absolute atomic E-state index is 13.1. The van der Waals surface area contributed by atoms with Crippen molar-refractivity contribution in [1.82, 2.24) is 19.4 Å². The lowest BCUT2D eigenvalue weighted by Crippen LogP contribution is -2.39. The SMILES string of the molecule is Cc1cccnc1Nc1ccc(C2CCCN(S(=O)(=O)c3c(C)noc3C)C2)nc1. The lowest BCUT2D eigenvalue weighted by atomic mass is 9.95. The number of hydrogen-bond acceptors (Lipinski definition) is 7. The van der Waals surface area contributed by atoms with Crippen molar-refractivity contribution in [2.45, 2.75) is 44.4 Å². The molecule has 0 saturated carbocycles. The monoisotopic (exact) mass is 427 g/mol. The van der Waals surface area contributed by atoms with Crippen LogP contribution in [0.25, 0.3) is 0 Å². The van der Waals surface area contributed by atoms with Crippen molar-refractivity contribution in [2.75, 3.05) is 18.4 Å². The Labute approximate surface area is 176 Å². The van der Waals surface area contributed by atoms with Gasteiger partial charge >= 0.3 is 0 Å². The zero-order valence-corrected chi connectivity index (χ0v) is 18.1. The van der Waals surface area contributed by atoms with Gasteiger partial charge in [-0.25, -0.2) is 13.4 Å². The van der Waals surface area contributed by atoms with Crippen molar-refractivity contribution in [1.29, 1.82) is 0 Å². The Morgan fingerprint density at radius 3 is 2.67 bits per heavy atom. The fourth-order valence-electron chi connectivity index (χ4n) is 3.85. The van der Waals surface area contributed by atoms with Crippen LogP contribution in [0.5, 0.6) is 0 Å². The van der Waals surface area contributed by atoms with Crippen molar-refractivity contribution >= 4 is 21.5 Å². The van der Waals surface area contributed by atoms with E-state index in [1.807, 2.05) is 31.2 Å². The Bertz CT molecular complexity index is 1120. The largest absolute Gasteiger partial charge is 0.360 e. The molecule has 1 aliphatic rings. The van der Waals surface area contributed by atoms with Crippen molar-refractivity contribution in [3.8, 4) is 0 Å². The van der Waals surface area contributed by atoms with Crippen LogP contribution < -0.4 is 5.32 Å². The maximum Gasteiger partial charge on any atom is 0.248 e. The molecular formula is C21H25N5O3S. The van der Waals surface area contributed by atoms with Crippen LogP contribution >= 0.6 is 0 Å². The van der Waals surface area contributed by atoms with Gasteiger partial charge in [-0.1, -0.05) is 11.2 Å². The van der Waals surface area contributed by atoms with E-state index in [1.54, 1.807) is 26.2 Å². The van der Waals surface area contributed by atoms with Gasteiger partial charge < -0.3 is 9.84 Å². The molecule has 1 aliphatic heterocycles. The summed E-state index contributed by atoms with van der Waals surface area (Å²) in [6, 6.07) is 7.80. The Hall–Kier alpha value is -2.78. The van der Waals surface area contributed by atoms with Gasteiger partial charge in [0.15, 0.2) is 5.76 Å². The number of nitrogens with one attached hydrogen (secondary N) is 1. The minimum absolute atomic E-state index is 0.0413. The molecule has 1 N–H and O–H groups in total. The second kappa shape index (κ2) is 8.16. The van der Waals surface area contributed by atoms with E-state index < -0.39 is 10.0 Å². The normalized spacial score (nSPS) is 17.8. The smallest absolute Gasteiger partial charge is 0.248 e. The number of hydrogen-bond donors (Lipinski definition) is 1. The summed E-state index contributed by atoms with van der Waals surface area (Å²) in [7, 11) is -3.65. The molecule has 3 aromatic rings. The first-order valence-corrected chi connectivity index (χ1v) is 11.4. The second-order valence-corrected chi connectivity index (χ2v) is 9.50. The minimum atomic E-state index is -3.65. The summed E-state index contributed by atoms with van der Waals surface area (Å²) in [5.41, 5.74) is 3.18. The fraction of sp³-hybridized carbons (Fsp3) is 0.381. The van der Waals surface area contributed by atoms with E-state index in [9.17, 15) is 8.42 Å². The zero-order chi connectivity index (χ0) is 21.3. The van der Waals surface area contributed by atoms with E-state index in [0.29, 0.717) is 24.5 Å². The van der Waals surface area contributed by atoms with E-state index in [4.69, 9.17) is 4.52 Å². The first-order valence-electron chi connectivity index (χ1n) is 9.94. The summed E-state index contributed by atoms with van der Waals surface area (Å²) in [4.78, 5) is 9.12. The number of sulfonamides is 1. The Balaban J connectivity index is 1.50. The molecule has 4 heterocycles. The van der Waals surface area contributed by atoms with Crippen LogP contribution in [0.3, 0.4) is 0 Å². The molecule has 4 rings (SSSR count). The van der Waals surface area contributed by atoms with Gasteiger partial charge in [-0.3, -0.25) is 4.98 Å². The van der Waals surface area contributed by atoms with Crippen molar-refractivity contribution in [3.05, 3.63) is 59.4 Å². The van der Waals surface area contributed by atoms with Gasteiger partial charge in [0.05, 0.1) is 11.9 Å². The molecule has 30 heavy (non-hydrogen) atoms. The minimum Gasteiger partial charge on any atom is -0.360 e. The number of anilines is 2. The van der Waals surface area contributed by atoms with E-state index >= 15 is 0 Å². The lowest BCUT2D eigenvalue weighted by Gasteiger charge is -2.31. The van der Waals surface area contributed by atoms with Crippen LogP contribution in [0, 0.1) is 20.8 Å². The molecule has 8 nitrogen and oxygen atoms in total. The molecule has 0 bridgehead atoms. The molecule has 158 valence electrons. The van der Waals surface area contributed by atoms with Crippen molar-refractivity contribution in [3.63, 3.8) is 0 Å². The highest BCUT2D eigenvalue weighted by atomic mass is 32.2. The molecule has 0 spiro atoms. The van der Waals surface area contributed by atoms with Crippen molar-refractivity contribution in [2.24, 2.45) is 0 Å².